The minimum absolute atomic E-state index is 0.0133. The molecule has 2 aromatic heterocycles. The number of amides is 1. The number of nitrogens with zero attached hydrogens (tertiary/aromatic N) is 2. The van der Waals surface area contributed by atoms with Gasteiger partial charge < -0.3 is 29.8 Å². The van der Waals surface area contributed by atoms with Crippen molar-refractivity contribution in [2.45, 2.75) is 147 Å². The molecule has 522 valence electrons. The first kappa shape index (κ1) is 70.5. The monoisotopic (exact) mass is 1380 g/mol. The number of aromatic amines is 1. The van der Waals surface area contributed by atoms with Crippen molar-refractivity contribution in [2.24, 2.45) is 5.92 Å². The fourth-order valence-corrected chi connectivity index (χ4v) is 14.1. The average Bonchev–Trinajstić information content (AvgIpc) is 1.50. The lowest BCUT2D eigenvalue weighted by molar-refractivity contribution is -0.286. The van der Waals surface area contributed by atoms with Crippen molar-refractivity contribution in [3.8, 4) is 28.5 Å². The molecule has 2 bridgehead atoms. The highest BCUT2D eigenvalue weighted by Gasteiger charge is 2.52. The van der Waals surface area contributed by atoms with Crippen molar-refractivity contribution in [1.29, 1.82) is 0 Å². The minimum Gasteiger partial charge on any atom is -0.508 e. The average molecular weight is 1390 g/mol. The number of ketones is 4. The van der Waals surface area contributed by atoms with Gasteiger partial charge in [-0.2, -0.15) is 26.3 Å². The fourth-order valence-electron chi connectivity index (χ4n) is 14.1. The van der Waals surface area contributed by atoms with Crippen LogP contribution in [0.5, 0.6) is 17.2 Å². The predicted octanol–water partition coefficient (Wildman–Crippen LogP) is 17.9. The van der Waals surface area contributed by atoms with Crippen molar-refractivity contribution >= 4 is 62.1 Å². The van der Waals surface area contributed by atoms with Crippen LogP contribution in [0.2, 0.25) is 0 Å². The Morgan fingerprint density at radius 3 is 2.02 bits per heavy atom. The summed E-state index contributed by atoms with van der Waals surface area (Å²) < 4.78 is 118. The summed E-state index contributed by atoms with van der Waals surface area (Å²) in [4.78, 5) is 86.1. The van der Waals surface area contributed by atoms with E-state index in [0.717, 1.165) is 94.4 Å². The summed E-state index contributed by atoms with van der Waals surface area (Å²) in [6, 6.07) is 39.5. The topological polar surface area (TPSA) is 185 Å². The van der Waals surface area contributed by atoms with Gasteiger partial charge in [-0.05, 0) is 156 Å². The number of phenols is 1. The number of aromatic hydroxyl groups is 1. The molecule has 9 aromatic rings. The van der Waals surface area contributed by atoms with Crippen LogP contribution in [0.4, 0.5) is 46.5 Å². The number of anilines is 2. The number of hydrogen-bond donors (Lipinski definition) is 3. The Kier molecular flexibility index (Phi) is 18.6. The number of fused-ring (bicyclic) bond motifs is 7. The second-order valence-corrected chi connectivity index (χ2v) is 28.5. The molecule has 4 fully saturated rings. The van der Waals surface area contributed by atoms with Crippen molar-refractivity contribution in [3.05, 3.63) is 235 Å². The van der Waals surface area contributed by atoms with E-state index in [1.165, 1.54) is 31.2 Å². The van der Waals surface area contributed by atoms with Gasteiger partial charge in [-0.1, -0.05) is 139 Å². The third kappa shape index (κ3) is 14.7. The van der Waals surface area contributed by atoms with Gasteiger partial charge in [0.1, 0.15) is 17.1 Å². The Morgan fingerprint density at radius 2 is 1.37 bits per heavy atom. The maximum Gasteiger partial charge on any atom is 0.586 e. The van der Waals surface area contributed by atoms with Crippen LogP contribution in [-0.2, 0) is 57.4 Å². The van der Waals surface area contributed by atoms with Gasteiger partial charge in [0, 0.05) is 70.6 Å². The number of rotatable bonds is 12. The van der Waals surface area contributed by atoms with Gasteiger partial charge in [0.05, 0.1) is 38.9 Å². The minimum atomic E-state index is -4.87. The largest absolute Gasteiger partial charge is 0.586 e. The number of pyridine rings is 2. The molecule has 0 spiro atoms. The number of allylic oxidation sites excluding steroid dienone is 2. The number of phenolic OH excluding ortho intramolecular Hbond substituents is 1. The van der Waals surface area contributed by atoms with E-state index in [2.05, 4.69) is 61.3 Å². The van der Waals surface area contributed by atoms with Crippen LogP contribution in [0.15, 0.2) is 168 Å². The number of H-pyrrole nitrogens is 1. The zero-order valence-corrected chi connectivity index (χ0v) is 56.4. The molecule has 1 amide bonds. The van der Waals surface area contributed by atoms with E-state index in [-0.39, 0.29) is 81.2 Å². The van der Waals surface area contributed by atoms with Crippen LogP contribution in [0.25, 0.3) is 32.9 Å². The lowest BCUT2D eigenvalue weighted by Crippen LogP contribution is -2.48. The van der Waals surface area contributed by atoms with Gasteiger partial charge in [-0.15, -0.1) is 8.78 Å². The molecule has 2 saturated carbocycles. The number of hydrogen-bond acceptors (Lipinski definition) is 11. The maximum atomic E-state index is 13.9. The van der Waals surface area contributed by atoms with Crippen LogP contribution >= 0.6 is 0 Å². The molecule has 0 atom stereocenters. The smallest absolute Gasteiger partial charge is 0.508 e. The van der Waals surface area contributed by atoms with Gasteiger partial charge in [-0.3, -0.25) is 33.8 Å². The summed E-state index contributed by atoms with van der Waals surface area (Å²) in [5.74, 6) is -1.14. The van der Waals surface area contributed by atoms with E-state index in [4.69, 9.17) is 4.98 Å². The number of alkyl halides is 8. The second kappa shape index (κ2) is 26.7. The maximum absolute atomic E-state index is 13.9. The number of Topliss-reactive ketones (excluding diaryl/α,β-unsaturated/α-hetero) is 4. The summed E-state index contributed by atoms with van der Waals surface area (Å²) in [5.41, 5.74) is 2.18. The van der Waals surface area contributed by atoms with Crippen LogP contribution in [0.3, 0.4) is 0 Å². The number of aromatic nitrogens is 2. The highest BCUT2D eigenvalue weighted by Crippen LogP contribution is 2.53. The Labute approximate surface area is 576 Å². The molecule has 0 radical (unpaired) electrons. The molecule has 2 saturated heterocycles. The lowest BCUT2D eigenvalue weighted by Gasteiger charge is -2.47. The first-order chi connectivity index (χ1) is 47.6. The Hall–Kier alpha value is -10.3. The Bertz CT molecular complexity index is 4910. The van der Waals surface area contributed by atoms with Crippen LogP contribution in [-0.4, -0.2) is 63.0 Å². The summed E-state index contributed by atoms with van der Waals surface area (Å²) in [7, 11) is 0. The molecule has 101 heavy (non-hydrogen) atoms. The molecule has 7 aromatic carbocycles. The Morgan fingerprint density at radius 1 is 0.693 bits per heavy atom. The van der Waals surface area contributed by atoms with Crippen molar-refractivity contribution in [3.63, 3.8) is 0 Å². The zero-order valence-electron chi connectivity index (χ0n) is 56.4. The molecule has 3 N–H and O–H groups in total. The molecule has 6 aliphatic rings. The highest BCUT2D eigenvalue weighted by molar-refractivity contribution is 6.27. The summed E-state index contributed by atoms with van der Waals surface area (Å²) >= 11 is 0. The van der Waals surface area contributed by atoms with Gasteiger partial charge in [0.25, 0.3) is 5.91 Å². The van der Waals surface area contributed by atoms with Gasteiger partial charge in [-0.25, -0.2) is 0 Å². The molecule has 13 nitrogen and oxygen atoms in total. The van der Waals surface area contributed by atoms with Crippen LogP contribution < -0.4 is 25.1 Å². The molecule has 0 unspecified atom stereocenters. The second-order valence-electron chi connectivity index (χ2n) is 28.5. The summed E-state index contributed by atoms with van der Waals surface area (Å²) in [6.45, 7) is 14.7. The molecule has 3 aliphatic carbocycles. The Balaban J connectivity index is 0.000000144. The van der Waals surface area contributed by atoms with Crippen molar-refractivity contribution < 1.29 is 73.7 Å². The highest BCUT2D eigenvalue weighted by atomic mass is 19.4. The van der Waals surface area contributed by atoms with E-state index in [9.17, 15) is 69.0 Å². The quantitative estimate of drug-likeness (QED) is 0.0601. The fraction of sp³-hybridized carbons (Fsp3) is 0.312. The number of carbonyl (C=O) groups is 5. The van der Waals surface area contributed by atoms with Crippen molar-refractivity contribution in [2.75, 3.05) is 16.8 Å². The van der Waals surface area contributed by atoms with Crippen LogP contribution in [0, 0.1) is 5.92 Å². The first-order valence-corrected chi connectivity index (χ1v) is 33.2. The molecule has 5 heterocycles. The standard InChI is InChI=1S/C29H21F2NO4.C26H30O3.C25H21F6N3O2/c1-17(33)18-6-8-19(9-7-18)27-23-5-3-2-4-20(23)14-22(32-27)16-26(34)28(12-13-28)21-10-11-24-25(15-21)36-29(30,31)35-24;1-25(2,3)20-15-21(26(4,5)6)23(28)14-17(20)13-22(27)19-12-11-16-9-7-8-10-18(16)24(19)29;26-24(27,28)17-2-1-3-20-21(17)22(35)16(11-32-20)23(36)33-19-9-8-15(10-18(19)25(29,30)31)34-12-13-4-6-14(34)7-5-13/h2-11,14-15H,12-13,16H2,1H3;7-10,12,14-15,28H,11,13H2,1-6H3;1-3,8-11,13-14H,4-7,12H2,(H,32,35)(H,33,36). The summed E-state index contributed by atoms with van der Waals surface area (Å²) in [5, 5.41) is 13.9. The molecular formula is C80H72F8N4O9. The lowest BCUT2D eigenvalue weighted by atomic mass is 9.76. The van der Waals surface area contributed by atoms with E-state index in [0.29, 0.717) is 65.9 Å². The predicted molar refractivity (Wildman–Crippen MR) is 368 cm³/mol. The number of piperidine rings is 2. The number of ether oxygens (including phenoxy) is 2. The van der Waals surface area contributed by atoms with E-state index >= 15 is 0 Å². The van der Waals surface area contributed by atoms with Gasteiger partial charge in [0.2, 0.25) is 5.43 Å². The SMILES string of the molecule is CC(=O)c1ccc(-c2nc(CC(=O)C3(c4ccc5c(c4)OC(F)(F)O5)CC3)cc3ccccc23)cc1.CC(C)(C)c1cc(C(C)(C)C)c(CC(=O)C2=CCc3ccccc3C2=O)cc1O.O=C(Nc1ccc(N2CC3CCC2CC3)cc1C(F)(F)F)c1c[nH]c2cccc(C(F)(F)F)c2c1=O. The number of halogens is 8. The van der Waals surface area contributed by atoms with Gasteiger partial charge in [0.15, 0.2) is 28.8 Å². The van der Waals surface area contributed by atoms with E-state index in [1.807, 2.05) is 71.6 Å². The summed E-state index contributed by atoms with van der Waals surface area (Å²) in [6.07, 6.45) is -4.75. The van der Waals surface area contributed by atoms with E-state index < -0.39 is 63.2 Å². The number of carbonyl (C=O) groups excluding carboxylic acids is 5. The zero-order chi connectivity index (χ0) is 72.5. The third-order valence-corrected chi connectivity index (χ3v) is 19.5. The van der Waals surface area contributed by atoms with Gasteiger partial charge >= 0.3 is 18.6 Å². The molecule has 15 rings (SSSR count). The molecular weight excluding hydrogens is 1310 g/mol. The molecule has 3 aliphatic heterocycles. The molecule has 21 heteroatoms. The number of nitrogens with one attached hydrogen (secondary N) is 2. The first-order valence-electron chi connectivity index (χ1n) is 33.2. The van der Waals surface area contributed by atoms with Crippen molar-refractivity contribution in [1.82, 2.24) is 9.97 Å². The van der Waals surface area contributed by atoms with E-state index in [1.54, 1.807) is 36.4 Å². The third-order valence-electron chi connectivity index (χ3n) is 19.5. The van der Waals surface area contributed by atoms with Crippen LogP contribution in [0.1, 0.15) is 163 Å². The normalized spacial score (nSPS) is 17.2. The number of benzene rings is 7.